The van der Waals surface area contributed by atoms with E-state index in [2.05, 4.69) is 6.07 Å². The summed E-state index contributed by atoms with van der Waals surface area (Å²) >= 11 is 1.19. The van der Waals surface area contributed by atoms with Gasteiger partial charge in [0.2, 0.25) is 5.91 Å². The van der Waals surface area contributed by atoms with Gasteiger partial charge in [0, 0.05) is 49.7 Å². The van der Waals surface area contributed by atoms with Crippen LogP contribution in [0, 0.1) is 20.8 Å². The fourth-order valence-corrected chi connectivity index (χ4v) is 4.77. The van der Waals surface area contributed by atoms with Crippen molar-refractivity contribution in [2.75, 3.05) is 26.2 Å². The van der Waals surface area contributed by atoms with Crippen molar-refractivity contribution >= 4 is 23.2 Å². The minimum Gasteiger partial charge on any atom is -0.484 e. The highest BCUT2D eigenvalue weighted by Crippen LogP contribution is 2.17. The first kappa shape index (κ1) is 23.1. The van der Waals surface area contributed by atoms with Crippen molar-refractivity contribution in [2.45, 2.75) is 53.1 Å². The molecule has 7 nitrogen and oxygen atoms in total. The Balaban J connectivity index is 1.45. The monoisotopic (exact) mass is 445 g/mol. The van der Waals surface area contributed by atoms with Gasteiger partial charge in [-0.25, -0.2) is 0 Å². The van der Waals surface area contributed by atoms with Crippen LogP contribution in [-0.2, 0) is 16.1 Å². The number of nitrogens with zero attached hydrogens (tertiary/aromatic N) is 3. The van der Waals surface area contributed by atoms with Crippen molar-refractivity contribution in [3.05, 3.63) is 50.1 Å². The molecule has 168 valence electrons. The van der Waals surface area contributed by atoms with Crippen LogP contribution in [0.1, 0.15) is 36.6 Å². The van der Waals surface area contributed by atoms with Crippen molar-refractivity contribution in [2.24, 2.45) is 0 Å². The summed E-state index contributed by atoms with van der Waals surface area (Å²) in [5.74, 6) is 0.713. The average molecular weight is 446 g/mol. The van der Waals surface area contributed by atoms with Crippen molar-refractivity contribution in [3.63, 3.8) is 0 Å². The zero-order valence-corrected chi connectivity index (χ0v) is 19.5. The third-order valence-electron chi connectivity index (χ3n) is 5.61. The molecule has 8 heteroatoms. The highest BCUT2D eigenvalue weighted by molar-refractivity contribution is 7.07. The van der Waals surface area contributed by atoms with Gasteiger partial charge in [0.15, 0.2) is 6.61 Å². The van der Waals surface area contributed by atoms with E-state index < -0.39 is 0 Å². The summed E-state index contributed by atoms with van der Waals surface area (Å²) < 4.78 is 7.42. The molecule has 1 aliphatic rings. The number of hydrogen-bond donors (Lipinski definition) is 0. The molecule has 1 aliphatic heterocycles. The largest absolute Gasteiger partial charge is 0.484 e. The number of amides is 2. The standard InChI is InChI=1S/C23H31N3O4S/c1-16-10-17(2)12-20(11-16)30-14-22(28)24-8-9-25(18(3)13-24)21(27)6-5-7-26-19(4)15-31-23(26)29/h10-12,15,18H,5-9,13-14H2,1-4H3/t18-/m1/s1. The SMILES string of the molecule is Cc1cc(C)cc(OCC(=O)N2CCN(C(=O)CCCn3c(C)csc3=O)[C@H](C)C2)c1. The second-order valence-electron chi connectivity index (χ2n) is 8.29. The Morgan fingerprint density at radius 2 is 1.81 bits per heavy atom. The van der Waals surface area contributed by atoms with Gasteiger partial charge >= 0.3 is 4.87 Å². The van der Waals surface area contributed by atoms with Crippen LogP contribution in [0.3, 0.4) is 0 Å². The Hall–Kier alpha value is -2.61. The van der Waals surface area contributed by atoms with Gasteiger partial charge in [-0.15, -0.1) is 0 Å². The zero-order chi connectivity index (χ0) is 22.5. The van der Waals surface area contributed by atoms with Gasteiger partial charge in [0.25, 0.3) is 5.91 Å². The van der Waals surface area contributed by atoms with Gasteiger partial charge in [-0.2, -0.15) is 0 Å². The van der Waals surface area contributed by atoms with Crippen LogP contribution >= 0.6 is 11.3 Å². The van der Waals surface area contributed by atoms with Crippen molar-refractivity contribution in [1.29, 1.82) is 0 Å². The van der Waals surface area contributed by atoms with Gasteiger partial charge in [-0.3, -0.25) is 14.4 Å². The Bertz CT molecular complexity index is 977. The second-order valence-corrected chi connectivity index (χ2v) is 9.11. The number of piperazine rings is 1. The molecular formula is C23H31N3O4S. The van der Waals surface area contributed by atoms with E-state index >= 15 is 0 Å². The Morgan fingerprint density at radius 1 is 1.10 bits per heavy atom. The lowest BCUT2D eigenvalue weighted by molar-refractivity contribution is -0.143. The molecule has 0 aliphatic carbocycles. The molecule has 0 saturated carbocycles. The molecule has 1 fully saturated rings. The molecule has 2 amide bonds. The van der Waals surface area contributed by atoms with E-state index in [1.165, 1.54) is 11.3 Å². The van der Waals surface area contributed by atoms with Gasteiger partial charge < -0.3 is 19.1 Å². The number of thiazole rings is 1. The molecule has 0 spiro atoms. The quantitative estimate of drug-likeness (QED) is 0.657. The Morgan fingerprint density at radius 3 is 2.42 bits per heavy atom. The Labute approximate surface area is 187 Å². The minimum atomic E-state index is -0.0644. The summed E-state index contributed by atoms with van der Waals surface area (Å²) in [6.45, 7) is 9.96. The summed E-state index contributed by atoms with van der Waals surface area (Å²) in [4.78, 5) is 40.7. The van der Waals surface area contributed by atoms with Gasteiger partial charge in [-0.05, 0) is 57.4 Å². The molecule has 2 heterocycles. The topological polar surface area (TPSA) is 71.8 Å². The zero-order valence-electron chi connectivity index (χ0n) is 18.7. The van der Waals surface area contributed by atoms with Crippen LogP contribution < -0.4 is 9.61 Å². The lowest BCUT2D eigenvalue weighted by atomic mass is 10.1. The number of ether oxygens (including phenoxy) is 1. The molecule has 0 unspecified atom stereocenters. The van der Waals surface area contributed by atoms with Gasteiger partial charge in [0.05, 0.1) is 0 Å². The van der Waals surface area contributed by atoms with Crippen molar-refractivity contribution in [1.82, 2.24) is 14.4 Å². The van der Waals surface area contributed by atoms with E-state index in [0.29, 0.717) is 44.8 Å². The van der Waals surface area contributed by atoms with Crippen LogP contribution in [-0.4, -0.2) is 58.5 Å². The Kier molecular flexibility index (Phi) is 7.54. The summed E-state index contributed by atoms with van der Waals surface area (Å²) in [5.41, 5.74) is 3.13. The molecule has 1 saturated heterocycles. The lowest BCUT2D eigenvalue weighted by Crippen LogP contribution is -2.56. The maximum Gasteiger partial charge on any atom is 0.307 e. The second kappa shape index (κ2) is 10.1. The molecular weight excluding hydrogens is 414 g/mol. The summed E-state index contributed by atoms with van der Waals surface area (Å²) in [7, 11) is 0. The number of aryl methyl sites for hydroxylation is 3. The first-order chi connectivity index (χ1) is 14.7. The number of aromatic nitrogens is 1. The number of hydrogen-bond acceptors (Lipinski definition) is 5. The summed E-state index contributed by atoms with van der Waals surface area (Å²) in [6.07, 6.45) is 1.03. The number of carbonyl (C=O) groups is 2. The van der Waals surface area contributed by atoms with Crippen molar-refractivity contribution in [3.8, 4) is 5.75 Å². The van der Waals surface area contributed by atoms with Gasteiger partial charge in [0.1, 0.15) is 5.75 Å². The van der Waals surface area contributed by atoms with E-state index in [0.717, 1.165) is 16.8 Å². The molecule has 0 N–H and O–H groups in total. The number of rotatable bonds is 7. The van der Waals surface area contributed by atoms with E-state index in [1.54, 1.807) is 9.47 Å². The highest BCUT2D eigenvalue weighted by atomic mass is 32.1. The summed E-state index contributed by atoms with van der Waals surface area (Å²) in [6, 6.07) is 5.86. The molecule has 2 aromatic rings. The van der Waals surface area contributed by atoms with E-state index in [4.69, 9.17) is 4.74 Å². The predicted octanol–water partition coefficient (Wildman–Crippen LogP) is 2.75. The van der Waals surface area contributed by atoms with Crippen LogP contribution in [0.5, 0.6) is 5.75 Å². The molecule has 1 aromatic carbocycles. The summed E-state index contributed by atoms with van der Waals surface area (Å²) in [5, 5.41) is 1.84. The third kappa shape index (κ3) is 5.97. The van der Waals surface area contributed by atoms with E-state index in [-0.39, 0.29) is 29.3 Å². The van der Waals surface area contributed by atoms with E-state index in [9.17, 15) is 14.4 Å². The lowest BCUT2D eigenvalue weighted by Gasteiger charge is -2.40. The van der Waals surface area contributed by atoms with Crippen LogP contribution in [0.15, 0.2) is 28.4 Å². The molecule has 0 bridgehead atoms. The maximum atomic E-state index is 12.7. The fraction of sp³-hybridized carbons (Fsp3) is 0.522. The van der Waals surface area contributed by atoms with Crippen LogP contribution in [0.2, 0.25) is 0 Å². The highest BCUT2D eigenvalue weighted by Gasteiger charge is 2.29. The smallest absolute Gasteiger partial charge is 0.307 e. The molecule has 1 aromatic heterocycles. The maximum absolute atomic E-state index is 12.7. The third-order valence-corrected chi connectivity index (χ3v) is 6.49. The van der Waals surface area contributed by atoms with Crippen LogP contribution in [0.25, 0.3) is 0 Å². The average Bonchev–Trinajstić information content (AvgIpc) is 3.03. The first-order valence-corrected chi connectivity index (χ1v) is 11.6. The molecule has 31 heavy (non-hydrogen) atoms. The molecule has 1 atom stereocenters. The fourth-order valence-electron chi connectivity index (χ4n) is 4.01. The predicted molar refractivity (Wildman–Crippen MR) is 122 cm³/mol. The van der Waals surface area contributed by atoms with Gasteiger partial charge in [-0.1, -0.05) is 17.4 Å². The van der Waals surface area contributed by atoms with Crippen molar-refractivity contribution < 1.29 is 14.3 Å². The van der Waals surface area contributed by atoms with E-state index in [1.807, 2.05) is 50.1 Å². The number of carbonyl (C=O) groups excluding carboxylic acids is 2. The normalized spacial score (nSPS) is 16.5. The minimum absolute atomic E-state index is 0.00168. The number of benzene rings is 1. The molecule has 0 radical (unpaired) electrons. The van der Waals surface area contributed by atoms with Crippen LogP contribution in [0.4, 0.5) is 0 Å². The first-order valence-electron chi connectivity index (χ1n) is 10.7. The molecule has 3 rings (SSSR count).